The fourth-order valence-corrected chi connectivity index (χ4v) is 9.47. The predicted octanol–water partition coefficient (Wildman–Crippen LogP) is 7.67. The van der Waals surface area contributed by atoms with E-state index in [9.17, 15) is 29.7 Å². The van der Waals surface area contributed by atoms with Gasteiger partial charge in [0.25, 0.3) is 11.7 Å². The number of aliphatic hydroxyl groups is 1. The highest BCUT2D eigenvalue weighted by atomic mass is 16.7. The number of hydrogen-bond donors (Lipinski definition) is 4. The van der Waals surface area contributed by atoms with Crippen molar-refractivity contribution in [3.8, 4) is 28.7 Å². The Morgan fingerprint density at radius 2 is 1.71 bits per heavy atom. The number of nitrogens with zero attached hydrogens (tertiary/aromatic N) is 3. The Balaban J connectivity index is 1.43. The molecule has 1 saturated heterocycles. The lowest BCUT2D eigenvalue weighted by atomic mass is 9.82. The number of phenolic OH excluding ortho intramolecular Hbond substituents is 2. The van der Waals surface area contributed by atoms with Gasteiger partial charge in [-0.1, -0.05) is 45.9 Å². The Morgan fingerprint density at radius 3 is 2.39 bits per heavy atom. The summed E-state index contributed by atoms with van der Waals surface area (Å²) in [5, 5.41) is 37.1. The first-order chi connectivity index (χ1) is 29.3. The number of ketones is 1. The Morgan fingerprint density at radius 1 is 1.00 bits per heavy atom. The van der Waals surface area contributed by atoms with Gasteiger partial charge in [0.2, 0.25) is 5.43 Å². The van der Waals surface area contributed by atoms with E-state index in [2.05, 4.69) is 43.1 Å². The number of carbonyl (C=O) groups excluding carboxylic acids is 2. The first-order valence-electron chi connectivity index (χ1n) is 21.5. The van der Waals surface area contributed by atoms with E-state index in [0.717, 1.165) is 38.8 Å². The average molecular weight is 853 g/mol. The SMILES string of the molecule is CO[C@H]1/C=C/O[C@@]2(C)Oc3c(C)c(O)c4c(=O)c(c5oc6cc(N7CCC(N(C)C)CC7)cc(O)c6nc-5c4c3C2=O)NC(=O)/C(C)=C\C=C\[C@H](C)C[C@@H](C)C[C@@H](C)[C@H](O)[C@@H]1C. The summed E-state index contributed by atoms with van der Waals surface area (Å²) in [5.41, 5.74) is -0.0252. The van der Waals surface area contributed by atoms with Crippen LogP contribution in [0.15, 0.2) is 57.5 Å². The molecular weight excluding hydrogens is 793 g/mol. The third-order valence-electron chi connectivity index (χ3n) is 13.2. The fraction of sp³-hybridized carbons (Fsp3) is 0.500. The number of aliphatic hydroxyl groups excluding tert-OH is 1. The summed E-state index contributed by atoms with van der Waals surface area (Å²) in [5.74, 6) is -4.10. The summed E-state index contributed by atoms with van der Waals surface area (Å²) in [4.78, 5) is 52.6. The van der Waals surface area contributed by atoms with Crippen LogP contribution in [-0.4, -0.2) is 95.2 Å². The zero-order valence-corrected chi connectivity index (χ0v) is 37.4. The minimum atomic E-state index is -1.97. The predicted molar refractivity (Wildman–Crippen MR) is 239 cm³/mol. The minimum Gasteiger partial charge on any atom is -0.507 e. The van der Waals surface area contributed by atoms with Crippen LogP contribution in [0, 0.1) is 30.6 Å². The van der Waals surface area contributed by atoms with Crippen LogP contribution < -0.4 is 20.4 Å². The molecule has 4 bridgehead atoms. The normalized spacial score (nSPS) is 28.9. The summed E-state index contributed by atoms with van der Waals surface area (Å²) in [7, 11) is 5.66. The second-order valence-electron chi connectivity index (χ2n) is 18.1. The van der Waals surface area contributed by atoms with E-state index in [4.69, 9.17) is 23.6 Å². The standard InChI is InChI=1S/C48H60N4O10/c1-24-12-11-13-26(3)47(58)50-40-43(56)36-35(39-45(40)61-34-23-31(22-32(53)38(34)49-39)52-17-14-30(15-18-52)51(8)9)37-44(29(6)42(36)55)62-48(7,46(37)57)60-19-16-33(59-10)28(5)41(54)27(4)21-25(2)20-24/h11-13,16,19,22-25,27-28,30,33,41,53-55H,14-15,17-18,20-21H2,1-10H3,(H,50,58)/b12-11+,19-16+,26-13-/t24-,25+,27+,28+,33-,41-,48-/m0/s1. The molecule has 0 spiro atoms. The highest BCUT2D eigenvalue weighted by molar-refractivity contribution is 6.22. The van der Waals surface area contributed by atoms with Crippen LogP contribution in [0.2, 0.25) is 0 Å². The lowest BCUT2D eigenvalue weighted by Crippen LogP contribution is -2.41. The van der Waals surface area contributed by atoms with Crippen molar-refractivity contribution in [2.75, 3.05) is 44.5 Å². The number of aromatic hydroxyl groups is 2. The smallest absolute Gasteiger partial charge is 0.312 e. The molecule has 4 heterocycles. The molecule has 2 aromatic carbocycles. The molecule has 4 N–H and O–H groups in total. The van der Waals surface area contributed by atoms with E-state index >= 15 is 0 Å². The van der Waals surface area contributed by atoms with Crippen molar-refractivity contribution >= 4 is 44.9 Å². The molecule has 4 aliphatic heterocycles. The van der Waals surface area contributed by atoms with Crippen LogP contribution in [0.4, 0.5) is 11.4 Å². The van der Waals surface area contributed by atoms with Crippen molar-refractivity contribution in [1.82, 2.24) is 9.88 Å². The summed E-state index contributed by atoms with van der Waals surface area (Å²) >= 11 is 0. The van der Waals surface area contributed by atoms with Gasteiger partial charge in [-0.05, 0) is 77.5 Å². The lowest BCUT2D eigenvalue weighted by Gasteiger charge is -2.36. The number of fused-ring (bicyclic) bond motifs is 2. The molecule has 0 radical (unpaired) electrons. The topological polar surface area (TPSA) is 184 Å². The number of hydrogen-bond acceptors (Lipinski definition) is 13. The fourth-order valence-electron chi connectivity index (χ4n) is 9.47. The Hall–Kier alpha value is -5.44. The summed E-state index contributed by atoms with van der Waals surface area (Å²) in [6.07, 6.45) is 10.6. The van der Waals surface area contributed by atoms with E-state index in [1.54, 1.807) is 31.2 Å². The van der Waals surface area contributed by atoms with Gasteiger partial charge >= 0.3 is 5.79 Å². The molecule has 0 unspecified atom stereocenters. The van der Waals surface area contributed by atoms with E-state index in [-0.39, 0.29) is 90.9 Å². The first-order valence-corrected chi connectivity index (χ1v) is 21.5. The number of allylic oxidation sites excluding steroid dienone is 3. The van der Waals surface area contributed by atoms with E-state index < -0.39 is 40.9 Å². The highest BCUT2D eigenvalue weighted by Gasteiger charge is 2.50. The van der Waals surface area contributed by atoms with Gasteiger partial charge in [0.15, 0.2) is 11.3 Å². The molecule has 7 atom stereocenters. The number of ether oxygens (including phenoxy) is 3. The van der Waals surface area contributed by atoms with Gasteiger partial charge in [-0.2, -0.15) is 0 Å². The van der Waals surface area contributed by atoms with Crippen molar-refractivity contribution in [1.29, 1.82) is 0 Å². The van der Waals surface area contributed by atoms with Crippen molar-refractivity contribution in [2.24, 2.45) is 23.7 Å². The van der Waals surface area contributed by atoms with Gasteiger partial charge in [-0.3, -0.25) is 14.4 Å². The lowest BCUT2D eigenvalue weighted by molar-refractivity contribution is -0.112. The Kier molecular flexibility index (Phi) is 12.5. The molecular formula is C48H60N4O10. The molecule has 332 valence electrons. The minimum absolute atomic E-state index is 0.0312. The molecule has 1 fully saturated rings. The van der Waals surface area contributed by atoms with Gasteiger partial charge in [-0.15, -0.1) is 0 Å². The van der Waals surface area contributed by atoms with Gasteiger partial charge in [0.05, 0.1) is 29.4 Å². The number of benzene rings is 3. The largest absolute Gasteiger partial charge is 0.507 e. The summed E-state index contributed by atoms with van der Waals surface area (Å²) < 4.78 is 24.6. The number of amides is 1. The molecule has 1 amide bonds. The number of phenols is 2. The monoisotopic (exact) mass is 852 g/mol. The van der Waals surface area contributed by atoms with Crippen molar-refractivity contribution in [2.45, 2.75) is 98.2 Å². The Labute approximate surface area is 362 Å². The maximum absolute atomic E-state index is 14.8. The Bertz CT molecular complexity index is 2520. The van der Waals surface area contributed by atoms with E-state index in [0.29, 0.717) is 11.7 Å². The molecule has 1 aliphatic carbocycles. The van der Waals surface area contributed by atoms with E-state index in [1.165, 1.54) is 27.2 Å². The first kappa shape index (κ1) is 44.6. The molecule has 5 aliphatic rings. The number of aromatic nitrogens is 1. The molecule has 14 nitrogen and oxygen atoms in total. The number of nitrogens with one attached hydrogen (secondary N) is 1. The van der Waals surface area contributed by atoms with Crippen LogP contribution in [-0.2, 0) is 14.3 Å². The molecule has 62 heavy (non-hydrogen) atoms. The van der Waals surface area contributed by atoms with Crippen LogP contribution in [0.5, 0.6) is 17.2 Å². The summed E-state index contributed by atoms with van der Waals surface area (Å²) in [6, 6.07) is 3.77. The quantitative estimate of drug-likeness (QED) is 0.116. The summed E-state index contributed by atoms with van der Waals surface area (Å²) in [6.45, 7) is 14.2. The van der Waals surface area contributed by atoms with Gasteiger partial charge in [0, 0.05) is 73.4 Å². The third-order valence-corrected chi connectivity index (χ3v) is 13.2. The maximum atomic E-state index is 14.8. The molecule has 0 saturated carbocycles. The molecule has 0 aromatic heterocycles. The molecule has 7 rings (SSSR count). The number of carbonyl (C=O) groups is 2. The van der Waals surface area contributed by atoms with Crippen LogP contribution in [0.25, 0.3) is 33.3 Å². The van der Waals surface area contributed by atoms with Crippen molar-refractivity contribution in [3.63, 3.8) is 0 Å². The number of Topliss-reactive ketones (excluding diaryl/α,β-unsaturated/α-hetero) is 1. The maximum Gasteiger partial charge on any atom is 0.312 e. The number of piperidine rings is 1. The van der Waals surface area contributed by atoms with E-state index in [1.807, 2.05) is 26.0 Å². The van der Waals surface area contributed by atoms with Crippen LogP contribution in [0.3, 0.4) is 0 Å². The van der Waals surface area contributed by atoms with Crippen molar-refractivity contribution < 1.29 is 43.5 Å². The number of methoxy groups -OCH3 is 1. The third kappa shape index (κ3) is 8.15. The van der Waals surface area contributed by atoms with Gasteiger partial charge in [-0.25, -0.2) is 4.98 Å². The van der Waals surface area contributed by atoms with Crippen LogP contribution >= 0.6 is 0 Å². The number of anilines is 2. The van der Waals surface area contributed by atoms with Gasteiger partial charge < -0.3 is 49.1 Å². The highest BCUT2D eigenvalue weighted by Crippen LogP contribution is 2.51. The second kappa shape index (κ2) is 17.4. The zero-order chi connectivity index (χ0) is 44.9. The van der Waals surface area contributed by atoms with Crippen LogP contribution in [0.1, 0.15) is 83.1 Å². The zero-order valence-electron chi connectivity index (χ0n) is 37.4. The molecule has 14 heteroatoms. The average Bonchev–Trinajstić information content (AvgIpc) is 3.50. The second-order valence-corrected chi connectivity index (χ2v) is 18.1. The van der Waals surface area contributed by atoms with Gasteiger partial charge in [0.1, 0.15) is 34.1 Å². The molecule has 2 aromatic rings. The van der Waals surface area contributed by atoms with Crippen molar-refractivity contribution in [3.05, 3.63) is 69.6 Å². The number of rotatable bonds is 3.